The lowest BCUT2D eigenvalue weighted by molar-refractivity contribution is -0.136. The highest BCUT2D eigenvalue weighted by Gasteiger charge is 2.33. The Morgan fingerprint density at radius 2 is 2.12 bits per heavy atom. The molecule has 134 valence electrons. The van der Waals surface area contributed by atoms with E-state index in [0.29, 0.717) is 22.8 Å². The number of anilines is 1. The number of methoxy groups -OCH3 is 1. The number of rotatable bonds is 5. The molecule has 1 aromatic rings. The second-order valence-electron chi connectivity index (χ2n) is 5.86. The van der Waals surface area contributed by atoms with Crippen LogP contribution in [0, 0.1) is 0 Å². The monoisotopic (exact) mass is 361 g/mol. The van der Waals surface area contributed by atoms with E-state index in [0.717, 1.165) is 17.7 Å². The Hall–Kier alpha value is -2.41. The first-order valence-corrected chi connectivity index (χ1v) is 8.53. The second-order valence-corrected chi connectivity index (χ2v) is 6.24. The van der Waals surface area contributed by atoms with Crippen LogP contribution in [0.25, 0.3) is 0 Å². The summed E-state index contributed by atoms with van der Waals surface area (Å²) in [4.78, 5) is 25.9. The van der Waals surface area contributed by atoms with Gasteiger partial charge in [-0.05, 0) is 43.3 Å². The fourth-order valence-electron chi connectivity index (χ4n) is 2.71. The van der Waals surface area contributed by atoms with Gasteiger partial charge < -0.3 is 20.3 Å². The minimum atomic E-state index is -0.431. The van der Waals surface area contributed by atoms with Gasteiger partial charge >= 0.3 is 5.97 Å². The first-order chi connectivity index (χ1) is 11.9. The number of nitrogens with zero attached hydrogens (tertiary/aromatic N) is 1. The van der Waals surface area contributed by atoms with E-state index >= 15 is 0 Å². The largest absolute Gasteiger partial charge is 0.466 e. The quantitative estimate of drug-likeness (QED) is 0.621. The molecule has 7 heteroatoms. The highest BCUT2D eigenvalue weighted by molar-refractivity contribution is 7.80. The summed E-state index contributed by atoms with van der Waals surface area (Å²) < 4.78 is 4.95. The molecule has 0 aromatic heterocycles. The Bertz CT molecular complexity index is 730. The topological polar surface area (TPSA) is 70.7 Å². The molecule has 6 nitrogen and oxygen atoms in total. The van der Waals surface area contributed by atoms with E-state index in [4.69, 9.17) is 17.0 Å². The summed E-state index contributed by atoms with van der Waals surface area (Å²) in [5.74, 6) is -0.448. The maximum atomic E-state index is 12.3. The number of hydrogen-bond donors (Lipinski definition) is 2. The lowest BCUT2D eigenvalue weighted by Crippen LogP contribution is -2.46. The van der Waals surface area contributed by atoms with Gasteiger partial charge in [0.25, 0.3) is 0 Å². The third-order valence-corrected chi connectivity index (χ3v) is 4.53. The van der Waals surface area contributed by atoms with Crippen molar-refractivity contribution in [2.45, 2.75) is 32.7 Å². The van der Waals surface area contributed by atoms with Gasteiger partial charge in [-0.3, -0.25) is 4.79 Å². The molecule has 0 unspecified atom stereocenters. The van der Waals surface area contributed by atoms with Gasteiger partial charge in [-0.25, -0.2) is 4.79 Å². The van der Waals surface area contributed by atoms with Gasteiger partial charge in [0.15, 0.2) is 5.11 Å². The molecule has 0 fully saturated rings. The summed E-state index contributed by atoms with van der Waals surface area (Å²) in [6.45, 7) is 3.79. The molecular weight excluding hydrogens is 338 g/mol. The van der Waals surface area contributed by atoms with Crippen LogP contribution in [-0.2, 0) is 14.3 Å². The van der Waals surface area contributed by atoms with Crippen molar-refractivity contribution in [3.05, 3.63) is 41.1 Å². The fourth-order valence-corrected chi connectivity index (χ4v) is 2.96. The lowest BCUT2D eigenvalue weighted by atomic mass is 9.95. The number of amides is 1. The summed E-state index contributed by atoms with van der Waals surface area (Å²) >= 11 is 5.35. The van der Waals surface area contributed by atoms with Crippen LogP contribution in [0.2, 0.25) is 0 Å². The van der Waals surface area contributed by atoms with Crippen molar-refractivity contribution in [2.24, 2.45) is 0 Å². The fraction of sp³-hybridized carbons (Fsp3) is 0.389. The van der Waals surface area contributed by atoms with Crippen LogP contribution < -0.4 is 10.6 Å². The number of esters is 1. The minimum absolute atomic E-state index is 0.0357. The molecule has 25 heavy (non-hydrogen) atoms. The van der Waals surface area contributed by atoms with Crippen molar-refractivity contribution in [1.29, 1.82) is 0 Å². The molecule has 1 amide bonds. The van der Waals surface area contributed by atoms with Crippen LogP contribution in [-0.4, -0.2) is 36.0 Å². The molecule has 1 atom stereocenters. The Labute approximate surface area is 153 Å². The van der Waals surface area contributed by atoms with Gasteiger partial charge in [0.2, 0.25) is 5.91 Å². The molecule has 0 saturated carbocycles. The highest BCUT2D eigenvalue weighted by Crippen LogP contribution is 2.31. The number of benzene rings is 1. The molecular formula is C18H23N3O3S. The van der Waals surface area contributed by atoms with Crippen LogP contribution in [0.1, 0.15) is 38.3 Å². The summed E-state index contributed by atoms with van der Waals surface area (Å²) in [6.07, 6.45) is 1.25. The number of carbonyl (C=O) groups excluding carboxylic acids is 2. The van der Waals surface area contributed by atoms with Crippen molar-refractivity contribution < 1.29 is 14.3 Å². The maximum absolute atomic E-state index is 12.3. The maximum Gasteiger partial charge on any atom is 0.337 e. The van der Waals surface area contributed by atoms with E-state index in [1.807, 2.05) is 38.1 Å². The third kappa shape index (κ3) is 4.17. The van der Waals surface area contributed by atoms with Crippen molar-refractivity contribution in [2.75, 3.05) is 19.5 Å². The van der Waals surface area contributed by atoms with Gasteiger partial charge in [-0.2, -0.15) is 0 Å². The lowest BCUT2D eigenvalue weighted by Gasteiger charge is -2.35. The Morgan fingerprint density at radius 3 is 2.76 bits per heavy atom. The van der Waals surface area contributed by atoms with Crippen molar-refractivity contribution in [1.82, 2.24) is 10.2 Å². The molecule has 0 aliphatic carbocycles. The third-order valence-electron chi connectivity index (χ3n) is 4.14. The summed E-state index contributed by atoms with van der Waals surface area (Å²) in [5.41, 5.74) is 2.74. The molecule has 0 radical (unpaired) electrons. The van der Waals surface area contributed by atoms with Crippen molar-refractivity contribution >= 4 is 34.9 Å². The molecule has 1 heterocycles. The van der Waals surface area contributed by atoms with Gasteiger partial charge in [0, 0.05) is 24.9 Å². The van der Waals surface area contributed by atoms with Crippen molar-refractivity contribution in [3.8, 4) is 0 Å². The highest BCUT2D eigenvalue weighted by atomic mass is 32.1. The van der Waals surface area contributed by atoms with Crippen LogP contribution in [0.3, 0.4) is 0 Å². The molecule has 1 aromatic carbocycles. The second kappa shape index (κ2) is 8.11. The number of thiocarbonyl (C=S) groups is 1. The van der Waals surface area contributed by atoms with Crippen molar-refractivity contribution in [3.63, 3.8) is 0 Å². The van der Waals surface area contributed by atoms with E-state index in [9.17, 15) is 9.59 Å². The van der Waals surface area contributed by atoms with E-state index in [1.165, 1.54) is 7.11 Å². The smallest absolute Gasteiger partial charge is 0.337 e. The van der Waals surface area contributed by atoms with E-state index in [2.05, 4.69) is 10.6 Å². The van der Waals surface area contributed by atoms with Gasteiger partial charge in [-0.15, -0.1) is 0 Å². The van der Waals surface area contributed by atoms with Gasteiger partial charge in [-0.1, -0.05) is 19.1 Å². The number of carbonyl (C=O) groups is 2. The number of nitrogens with one attached hydrogen (secondary N) is 2. The standard InChI is InChI=1S/C18H23N3O3S/c1-5-7-14(22)19-13-9-6-8-12(10-13)16-15(17(23)24-4)11(2)21(3)18(25)20-16/h6,8-10,16H,5,7H2,1-4H3,(H,19,22)(H,20,25)/t16-/m1/s1. The van der Waals surface area contributed by atoms with Crippen LogP contribution in [0.4, 0.5) is 5.69 Å². The Balaban J connectivity index is 2.40. The van der Waals surface area contributed by atoms with Gasteiger partial charge in [0.05, 0.1) is 18.7 Å². The molecule has 0 saturated heterocycles. The first kappa shape index (κ1) is 18.9. The number of ether oxygens (including phenoxy) is 1. The zero-order valence-electron chi connectivity index (χ0n) is 14.9. The normalized spacial score (nSPS) is 17.2. The van der Waals surface area contributed by atoms with Gasteiger partial charge in [0.1, 0.15) is 0 Å². The Kier molecular flexibility index (Phi) is 6.14. The average Bonchev–Trinajstić information content (AvgIpc) is 2.59. The van der Waals surface area contributed by atoms with E-state index in [-0.39, 0.29) is 5.91 Å². The molecule has 1 aliphatic heterocycles. The average molecular weight is 361 g/mol. The predicted molar refractivity (Wildman–Crippen MR) is 101 cm³/mol. The molecule has 2 rings (SSSR count). The number of hydrogen-bond acceptors (Lipinski definition) is 4. The zero-order chi connectivity index (χ0) is 18.6. The predicted octanol–water partition coefficient (Wildman–Crippen LogP) is 2.73. The Morgan fingerprint density at radius 1 is 1.40 bits per heavy atom. The molecule has 0 bridgehead atoms. The molecule has 2 N–H and O–H groups in total. The molecule has 0 spiro atoms. The summed E-state index contributed by atoms with van der Waals surface area (Å²) in [6, 6.07) is 6.95. The van der Waals surface area contributed by atoms with E-state index in [1.54, 1.807) is 11.9 Å². The molecule has 1 aliphatic rings. The van der Waals surface area contributed by atoms with Crippen LogP contribution in [0.15, 0.2) is 35.5 Å². The van der Waals surface area contributed by atoms with E-state index < -0.39 is 12.0 Å². The summed E-state index contributed by atoms with van der Waals surface area (Å²) in [7, 11) is 3.15. The van der Waals surface area contributed by atoms with Crippen LogP contribution in [0.5, 0.6) is 0 Å². The first-order valence-electron chi connectivity index (χ1n) is 8.12. The zero-order valence-corrected chi connectivity index (χ0v) is 15.7. The number of allylic oxidation sites excluding steroid dienone is 1. The SMILES string of the molecule is CCCC(=O)Nc1cccc([C@H]2NC(=S)N(C)C(C)=C2C(=O)OC)c1. The summed E-state index contributed by atoms with van der Waals surface area (Å²) in [5, 5.41) is 6.56. The minimum Gasteiger partial charge on any atom is -0.466 e. The van der Waals surface area contributed by atoms with Crippen LogP contribution >= 0.6 is 12.2 Å².